The molecular weight excluding hydrogens is 378 g/mol. The summed E-state index contributed by atoms with van der Waals surface area (Å²) in [5.41, 5.74) is 3.54. The second kappa shape index (κ2) is 9.33. The fourth-order valence-corrected chi connectivity index (χ4v) is 4.95. The molecule has 0 spiro atoms. The van der Waals surface area contributed by atoms with E-state index in [1.807, 2.05) is 30.3 Å². The number of fused-ring (bicyclic) bond motifs is 1. The van der Waals surface area contributed by atoms with Crippen molar-refractivity contribution in [3.63, 3.8) is 0 Å². The van der Waals surface area contributed by atoms with Gasteiger partial charge in [-0.25, -0.2) is 4.98 Å². The monoisotopic (exact) mass is 405 g/mol. The third-order valence-electron chi connectivity index (χ3n) is 5.39. The SMILES string of the molecule is CCCC(C(=O)Nc1nc2c(s1)CN(Cc1ccccc1)CC2)c1ccccc1. The average molecular weight is 406 g/mol. The summed E-state index contributed by atoms with van der Waals surface area (Å²) in [6.45, 7) is 4.97. The zero-order valence-electron chi connectivity index (χ0n) is 16.8. The lowest BCUT2D eigenvalue weighted by Crippen LogP contribution is -2.29. The highest BCUT2D eigenvalue weighted by atomic mass is 32.1. The first kappa shape index (κ1) is 19.8. The van der Waals surface area contributed by atoms with E-state index < -0.39 is 0 Å². The van der Waals surface area contributed by atoms with Crippen molar-refractivity contribution >= 4 is 22.4 Å². The molecule has 4 rings (SSSR count). The van der Waals surface area contributed by atoms with Crippen LogP contribution in [-0.2, 0) is 24.3 Å². The molecule has 1 N–H and O–H groups in total. The molecule has 0 fully saturated rings. The number of rotatable bonds is 7. The lowest BCUT2D eigenvalue weighted by molar-refractivity contribution is -0.117. The number of benzene rings is 2. The topological polar surface area (TPSA) is 45.2 Å². The van der Waals surface area contributed by atoms with Crippen LogP contribution in [0.5, 0.6) is 0 Å². The highest BCUT2D eigenvalue weighted by Gasteiger charge is 2.24. The van der Waals surface area contributed by atoms with E-state index in [0.717, 1.165) is 55.3 Å². The number of thiazole rings is 1. The quantitative estimate of drug-likeness (QED) is 0.586. The molecule has 0 radical (unpaired) electrons. The lowest BCUT2D eigenvalue weighted by atomic mass is 9.94. The van der Waals surface area contributed by atoms with E-state index in [-0.39, 0.29) is 11.8 Å². The van der Waals surface area contributed by atoms with Gasteiger partial charge in [-0.2, -0.15) is 0 Å². The molecule has 1 aliphatic rings. The van der Waals surface area contributed by atoms with Gasteiger partial charge in [-0.15, -0.1) is 11.3 Å². The van der Waals surface area contributed by atoms with Gasteiger partial charge in [-0.05, 0) is 17.5 Å². The van der Waals surface area contributed by atoms with E-state index >= 15 is 0 Å². The van der Waals surface area contributed by atoms with Gasteiger partial charge in [0, 0.05) is 30.9 Å². The number of carbonyl (C=O) groups is 1. The van der Waals surface area contributed by atoms with Crippen LogP contribution in [0, 0.1) is 0 Å². The molecule has 150 valence electrons. The van der Waals surface area contributed by atoms with Crippen molar-refractivity contribution in [1.82, 2.24) is 9.88 Å². The largest absolute Gasteiger partial charge is 0.301 e. The van der Waals surface area contributed by atoms with Crippen LogP contribution in [0.2, 0.25) is 0 Å². The van der Waals surface area contributed by atoms with Crippen molar-refractivity contribution in [2.75, 3.05) is 11.9 Å². The molecule has 1 atom stereocenters. The van der Waals surface area contributed by atoms with Crippen molar-refractivity contribution in [2.24, 2.45) is 0 Å². The maximum Gasteiger partial charge on any atom is 0.233 e. The van der Waals surface area contributed by atoms with Gasteiger partial charge in [-0.1, -0.05) is 74.0 Å². The summed E-state index contributed by atoms with van der Waals surface area (Å²) >= 11 is 1.62. The summed E-state index contributed by atoms with van der Waals surface area (Å²) in [7, 11) is 0. The minimum absolute atomic E-state index is 0.0466. The molecule has 0 saturated carbocycles. The normalized spacial score (nSPS) is 14.9. The van der Waals surface area contributed by atoms with E-state index in [9.17, 15) is 4.79 Å². The molecule has 0 aliphatic carbocycles. The molecule has 3 aromatic rings. The molecular formula is C24H27N3OS. The van der Waals surface area contributed by atoms with Crippen LogP contribution in [0.4, 0.5) is 5.13 Å². The molecule has 1 aliphatic heterocycles. The van der Waals surface area contributed by atoms with Crippen LogP contribution in [0.15, 0.2) is 60.7 Å². The standard InChI is InChI=1S/C24H27N3OS/c1-2-9-20(19-12-7-4-8-13-19)23(28)26-24-25-21-14-15-27(17-22(21)29-24)16-18-10-5-3-6-11-18/h3-8,10-13,20H,2,9,14-17H2,1H3,(H,25,26,28). The van der Waals surface area contributed by atoms with Gasteiger partial charge < -0.3 is 5.32 Å². The third-order valence-corrected chi connectivity index (χ3v) is 6.38. The molecule has 2 heterocycles. The average Bonchev–Trinajstić information content (AvgIpc) is 3.14. The van der Waals surface area contributed by atoms with Crippen LogP contribution in [0.25, 0.3) is 0 Å². The third kappa shape index (κ3) is 4.92. The van der Waals surface area contributed by atoms with Crippen LogP contribution < -0.4 is 5.32 Å². The highest BCUT2D eigenvalue weighted by molar-refractivity contribution is 7.15. The molecule has 0 saturated heterocycles. The maximum atomic E-state index is 13.0. The molecule has 1 amide bonds. The predicted octanol–water partition coefficient (Wildman–Crippen LogP) is 5.22. The fourth-order valence-electron chi connectivity index (χ4n) is 3.89. The number of aromatic nitrogens is 1. The van der Waals surface area contributed by atoms with Crippen molar-refractivity contribution in [1.29, 1.82) is 0 Å². The van der Waals surface area contributed by atoms with Crippen LogP contribution >= 0.6 is 11.3 Å². The number of anilines is 1. The lowest BCUT2D eigenvalue weighted by Gasteiger charge is -2.25. The Labute approximate surface area is 176 Å². The van der Waals surface area contributed by atoms with Crippen LogP contribution in [0.1, 0.15) is 47.4 Å². The van der Waals surface area contributed by atoms with Gasteiger partial charge in [0.15, 0.2) is 5.13 Å². The molecule has 4 nitrogen and oxygen atoms in total. The van der Waals surface area contributed by atoms with Gasteiger partial charge in [0.2, 0.25) is 5.91 Å². The molecule has 1 aromatic heterocycles. The zero-order chi connectivity index (χ0) is 20.1. The minimum Gasteiger partial charge on any atom is -0.301 e. The molecule has 29 heavy (non-hydrogen) atoms. The van der Waals surface area contributed by atoms with Gasteiger partial charge >= 0.3 is 0 Å². The minimum atomic E-state index is -0.128. The van der Waals surface area contributed by atoms with E-state index in [2.05, 4.69) is 47.5 Å². The van der Waals surface area contributed by atoms with E-state index in [1.165, 1.54) is 10.4 Å². The predicted molar refractivity (Wildman–Crippen MR) is 119 cm³/mol. The summed E-state index contributed by atoms with van der Waals surface area (Å²) in [5.74, 6) is -0.0815. The Morgan fingerprint density at radius 2 is 1.86 bits per heavy atom. The number of carbonyl (C=O) groups excluding carboxylic acids is 1. The molecule has 1 unspecified atom stereocenters. The second-order valence-electron chi connectivity index (χ2n) is 7.58. The number of hydrogen-bond donors (Lipinski definition) is 1. The first-order valence-electron chi connectivity index (χ1n) is 10.3. The van der Waals surface area contributed by atoms with Gasteiger partial charge in [-0.3, -0.25) is 9.69 Å². The summed E-state index contributed by atoms with van der Waals surface area (Å²) in [4.78, 5) is 21.4. The second-order valence-corrected chi connectivity index (χ2v) is 8.66. The van der Waals surface area contributed by atoms with Crippen LogP contribution in [-0.4, -0.2) is 22.3 Å². The number of amides is 1. The highest BCUT2D eigenvalue weighted by Crippen LogP contribution is 2.30. The summed E-state index contributed by atoms with van der Waals surface area (Å²) < 4.78 is 0. The Balaban J connectivity index is 1.43. The number of nitrogens with one attached hydrogen (secondary N) is 1. The zero-order valence-corrected chi connectivity index (χ0v) is 17.6. The Hall–Kier alpha value is -2.50. The first-order chi connectivity index (χ1) is 14.2. The van der Waals surface area contributed by atoms with Crippen molar-refractivity contribution in [3.05, 3.63) is 82.4 Å². The fraction of sp³-hybridized carbons (Fsp3) is 0.333. The smallest absolute Gasteiger partial charge is 0.233 e. The van der Waals surface area contributed by atoms with Crippen molar-refractivity contribution in [2.45, 2.75) is 45.2 Å². The molecule has 0 bridgehead atoms. The van der Waals surface area contributed by atoms with Gasteiger partial charge in [0.1, 0.15) is 0 Å². The van der Waals surface area contributed by atoms with Crippen molar-refractivity contribution in [3.8, 4) is 0 Å². The Bertz CT molecular complexity index is 939. The summed E-state index contributed by atoms with van der Waals surface area (Å²) in [6.07, 6.45) is 2.74. The van der Waals surface area contributed by atoms with E-state index in [1.54, 1.807) is 11.3 Å². The summed E-state index contributed by atoms with van der Waals surface area (Å²) in [6, 6.07) is 20.6. The van der Waals surface area contributed by atoms with E-state index in [0.29, 0.717) is 0 Å². The molecule has 5 heteroatoms. The van der Waals surface area contributed by atoms with E-state index in [4.69, 9.17) is 4.98 Å². The van der Waals surface area contributed by atoms with Gasteiger partial charge in [0.05, 0.1) is 11.6 Å². The van der Waals surface area contributed by atoms with Crippen molar-refractivity contribution < 1.29 is 4.79 Å². The Kier molecular flexibility index (Phi) is 6.37. The Morgan fingerprint density at radius 1 is 1.14 bits per heavy atom. The number of hydrogen-bond acceptors (Lipinski definition) is 4. The first-order valence-corrected chi connectivity index (χ1v) is 11.1. The number of nitrogens with zero attached hydrogens (tertiary/aromatic N) is 2. The Morgan fingerprint density at radius 3 is 2.59 bits per heavy atom. The molecule has 2 aromatic carbocycles. The summed E-state index contributed by atoms with van der Waals surface area (Å²) in [5, 5.41) is 3.83. The van der Waals surface area contributed by atoms with Gasteiger partial charge in [0.25, 0.3) is 0 Å². The maximum absolute atomic E-state index is 13.0. The van der Waals surface area contributed by atoms with Crippen LogP contribution in [0.3, 0.4) is 0 Å².